The predicted octanol–water partition coefficient (Wildman–Crippen LogP) is 3.47. The number of rotatable bonds is 3. The molecule has 0 spiro atoms. The van der Waals surface area contributed by atoms with Gasteiger partial charge in [0.25, 0.3) is 0 Å². The molecule has 1 aliphatic carbocycles. The number of thiazole rings is 1. The Morgan fingerprint density at radius 2 is 2.00 bits per heavy atom. The van der Waals surface area contributed by atoms with E-state index < -0.39 is 11.4 Å². The van der Waals surface area contributed by atoms with Crippen molar-refractivity contribution in [1.82, 2.24) is 4.98 Å². The Morgan fingerprint density at radius 3 is 2.53 bits per heavy atom. The highest BCUT2D eigenvalue weighted by Gasteiger charge is 2.34. The summed E-state index contributed by atoms with van der Waals surface area (Å²) in [4.78, 5) is 16.8. The molecule has 0 unspecified atom stereocenters. The molecule has 0 atom stereocenters. The fourth-order valence-electron chi connectivity index (χ4n) is 2.44. The van der Waals surface area contributed by atoms with E-state index in [1.54, 1.807) is 25.2 Å². The van der Waals surface area contributed by atoms with Crippen LogP contribution in [0.25, 0.3) is 0 Å². The first-order valence-electron chi connectivity index (χ1n) is 6.14. The lowest BCUT2D eigenvalue weighted by molar-refractivity contribution is -0.142. The Morgan fingerprint density at radius 1 is 1.41 bits per heavy atom. The maximum Gasteiger partial charge on any atom is 0.314 e. The lowest BCUT2D eigenvalue weighted by atomic mass is 9.91. The number of nitrogens with zero attached hydrogens (tertiary/aromatic N) is 1. The Labute approximate surface area is 106 Å². The maximum absolute atomic E-state index is 11.3. The summed E-state index contributed by atoms with van der Waals surface area (Å²) in [6, 6.07) is 0. The summed E-state index contributed by atoms with van der Waals surface area (Å²) in [5, 5.41) is 10.4. The van der Waals surface area contributed by atoms with Gasteiger partial charge < -0.3 is 5.11 Å². The Balaban J connectivity index is 2.33. The molecule has 1 aromatic heterocycles. The summed E-state index contributed by atoms with van der Waals surface area (Å²) in [6.45, 7) is 5.44. The van der Waals surface area contributed by atoms with Crippen molar-refractivity contribution in [3.8, 4) is 0 Å². The summed E-state index contributed by atoms with van der Waals surface area (Å²) in [5.74, 6) is -0.209. The molecule has 94 valence electrons. The Bertz CT molecular complexity index is 431. The lowest BCUT2D eigenvalue weighted by Gasteiger charge is -2.17. The first-order chi connectivity index (χ1) is 7.93. The average molecular weight is 253 g/mol. The molecule has 17 heavy (non-hydrogen) atoms. The minimum atomic E-state index is -0.821. The fraction of sp³-hybridized carbons (Fsp3) is 0.692. The van der Waals surface area contributed by atoms with Gasteiger partial charge in [-0.1, -0.05) is 12.8 Å². The van der Waals surface area contributed by atoms with Crippen molar-refractivity contribution in [2.75, 3.05) is 0 Å². The van der Waals surface area contributed by atoms with E-state index in [0.717, 1.165) is 15.6 Å². The van der Waals surface area contributed by atoms with Gasteiger partial charge >= 0.3 is 5.97 Å². The summed E-state index contributed by atoms with van der Waals surface area (Å²) in [5.41, 5.74) is 0.0720. The first kappa shape index (κ1) is 12.6. The van der Waals surface area contributed by atoms with E-state index in [1.165, 1.54) is 25.7 Å². The summed E-state index contributed by atoms with van der Waals surface area (Å²) in [6.07, 6.45) is 4.97. The highest BCUT2D eigenvalue weighted by Crippen LogP contribution is 2.40. The second-order valence-corrected chi connectivity index (χ2v) is 6.41. The van der Waals surface area contributed by atoms with E-state index >= 15 is 0 Å². The number of carboxylic acids is 1. The van der Waals surface area contributed by atoms with E-state index in [2.05, 4.69) is 4.98 Å². The molecular formula is C13H19NO2S. The third kappa shape index (κ3) is 2.23. The Hall–Kier alpha value is -0.900. The lowest BCUT2D eigenvalue weighted by Crippen LogP contribution is -2.28. The summed E-state index contributed by atoms with van der Waals surface area (Å²) < 4.78 is 0. The van der Waals surface area contributed by atoms with Crippen molar-refractivity contribution in [1.29, 1.82) is 0 Å². The monoisotopic (exact) mass is 253 g/mol. The molecular weight excluding hydrogens is 234 g/mol. The van der Waals surface area contributed by atoms with Crippen LogP contribution in [0.5, 0.6) is 0 Å². The zero-order valence-electron chi connectivity index (χ0n) is 10.6. The molecule has 0 radical (unpaired) electrons. The van der Waals surface area contributed by atoms with Gasteiger partial charge in [-0.15, -0.1) is 11.3 Å². The molecule has 0 aliphatic heterocycles. The number of carboxylic acid groups (broad SMARTS) is 1. The third-order valence-corrected chi connectivity index (χ3v) is 5.26. The van der Waals surface area contributed by atoms with Crippen molar-refractivity contribution >= 4 is 17.3 Å². The number of hydrogen-bond donors (Lipinski definition) is 1. The van der Waals surface area contributed by atoms with Crippen molar-refractivity contribution in [3.63, 3.8) is 0 Å². The van der Waals surface area contributed by atoms with Crippen LogP contribution in [-0.2, 0) is 10.2 Å². The normalized spacial score (nSPS) is 17.6. The zero-order chi connectivity index (χ0) is 12.6. The van der Waals surface area contributed by atoms with Gasteiger partial charge in [0.1, 0.15) is 0 Å². The van der Waals surface area contributed by atoms with E-state index in [0.29, 0.717) is 5.92 Å². The minimum Gasteiger partial charge on any atom is -0.481 e. The quantitative estimate of drug-likeness (QED) is 0.897. The molecule has 1 heterocycles. The second-order valence-electron chi connectivity index (χ2n) is 5.38. The standard InChI is InChI=1S/C13H19NO2S/c1-8-10(13(2,3)12(15)16)17-11(14-8)9-6-4-5-7-9/h9H,4-7H2,1-3H3,(H,15,16). The highest BCUT2D eigenvalue weighted by atomic mass is 32.1. The van der Waals surface area contributed by atoms with Crippen LogP contribution in [0.1, 0.15) is 61.0 Å². The van der Waals surface area contributed by atoms with Gasteiger partial charge in [0, 0.05) is 10.8 Å². The van der Waals surface area contributed by atoms with Crippen molar-refractivity contribution in [3.05, 3.63) is 15.6 Å². The molecule has 3 nitrogen and oxygen atoms in total. The summed E-state index contributed by atoms with van der Waals surface area (Å²) >= 11 is 1.60. The average Bonchev–Trinajstić information content (AvgIpc) is 2.85. The molecule has 1 aliphatic rings. The first-order valence-corrected chi connectivity index (χ1v) is 6.95. The number of aliphatic carboxylic acids is 1. The minimum absolute atomic E-state index is 0.567. The molecule has 1 N–H and O–H groups in total. The van der Waals surface area contributed by atoms with Gasteiger partial charge in [-0.05, 0) is 33.6 Å². The number of hydrogen-bond acceptors (Lipinski definition) is 3. The SMILES string of the molecule is Cc1nc(C2CCCC2)sc1C(C)(C)C(=O)O. The van der Waals surface area contributed by atoms with Crippen LogP contribution in [0.4, 0.5) is 0 Å². The van der Waals surface area contributed by atoms with E-state index in [1.807, 2.05) is 6.92 Å². The van der Waals surface area contributed by atoms with Crippen LogP contribution >= 0.6 is 11.3 Å². The zero-order valence-corrected chi connectivity index (χ0v) is 11.4. The third-order valence-electron chi connectivity index (χ3n) is 3.62. The van der Waals surface area contributed by atoms with Crippen LogP contribution in [-0.4, -0.2) is 16.1 Å². The van der Waals surface area contributed by atoms with E-state index in [9.17, 15) is 9.90 Å². The molecule has 0 bridgehead atoms. The molecule has 2 rings (SSSR count). The van der Waals surface area contributed by atoms with Crippen molar-refractivity contribution in [2.45, 2.75) is 57.8 Å². The Kier molecular flexibility index (Phi) is 3.25. The van der Waals surface area contributed by atoms with Crippen molar-refractivity contribution in [2.24, 2.45) is 0 Å². The van der Waals surface area contributed by atoms with Gasteiger partial charge in [-0.2, -0.15) is 0 Å². The van der Waals surface area contributed by atoms with Gasteiger partial charge in [0.05, 0.1) is 16.1 Å². The predicted molar refractivity (Wildman–Crippen MR) is 68.7 cm³/mol. The molecule has 1 fully saturated rings. The fourth-order valence-corrected chi connectivity index (χ4v) is 3.77. The van der Waals surface area contributed by atoms with Gasteiger partial charge in [0.15, 0.2) is 0 Å². The van der Waals surface area contributed by atoms with Crippen LogP contribution in [0.2, 0.25) is 0 Å². The van der Waals surface area contributed by atoms with E-state index in [4.69, 9.17) is 0 Å². The molecule has 0 saturated heterocycles. The number of aryl methyl sites for hydroxylation is 1. The molecule has 0 amide bonds. The van der Waals surface area contributed by atoms with Gasteiger partial charge in [-0.25, -0.2) is 4.98 Å². The van der Waals surface area contributed by atoms with Crippen LogP contribution < -0.4 is 0 Å². The second kappa shape index (κ2) is 4.41. The molecule has 1 saturated carbocycles. The molecule has 4 heteroatoms. The van der Waals surface area contributed by atoms with Crippen LogP contribution in [0.3, 0.4) is 0 Å². The van der Waals surface area contributed by atoms with Gasteiger partial charge in [0.2, 0.25) is 0 Å². The topological polar surface area (TPSA) is 50.2 Å². The molecule has 0 aromatic carbocycles. The van der Waals surface area contributed by atoms with Crippen LogP contribution in [0.15, 0.2) is 0 Å². The molecule has 1 aromatic rings. The largest absolute Gasteiger partial charge is 0.481 e. The number of aromatic nitrogens is 1. The number of carbonyl (C=O) groups is 1. The smallest absolute Gasteiger partial charge is 0.314 e. The maximum atomic E-state index is 11.3. The summed E-state index contributed by atoms with van der Waals surface area (Å²) in [7, 11) is 0. The van der Waals surface area contributed by atoms with Gasteiger partial charge in [-0.3, -0.25) is 4.79 Å². The van der Waals surface area contributed by atoms with Crippen molar-refractivity contribution < 1.29 is 9.90 Å². The van der Waals surface area contributed by atoms with E-state index in [-0.39, 0.29) is 0 Å². The van der Waals surface area contributed by atoms with Crippen LogP contribution in [0, 0.1) is 6.92 Å². The highest BCUT2D eigenvalue weighted by molar-refractivity contribution is 7.12.